The summed E-state index contributed by atoms with van der Waals surface area (Å²) >= 11 is 0. The summed E-state index contributed by atoms with van der Waals surface area (Å²) in [5.41, 5.74) is 6.89. The van der Waals surface area contributed by atoms with Crippen LogP contribution in [0.4, 0.5) is 0 Å². The highest BCUT2D eigenvalue weighted by Gasteiger charge is 2.06. The third kappa shape index (κ3) is 2.02. The fraction of sp³-hybridized carbons (Fsp3) is 0.286. The summed E-state index contributed by atoms with van der Waals surface area (Å²) in [6.45, 7) is 4.62. The zero-order valence-electron chi connectivity index (χ0n) is 9.73. The fourth-order valence-electron chi connectivity index (χ4n) is 1.87. The van der Waals surface area contributed by atoms with Crippen LogP contribution in [0.3, 0.4) is 0 Å². The van der Waals surface area contributed by atoms with E-state index in [4.69, 9.17) is 10.5 Å². The summed E-state index contributed by atoms with van der Waals surface area (Å²) in [6, 6.07) is 12.3. The molecular weight excluding hydrogens is 198 g/mol. The summed E-state index contributed by atoms with van der Waals surface area (Å²) < 4.78 is 5.79. The van der Waals surface area contributed by atoms with Crippen LogP contribution in [0.25, 0.3) is 10.8 Å². The largest absolute Gasteiger partial charge is 0.490 e. The molecule has 84 valence electrons. The Morgan fingerprint density at radius 2 is 1.75 bits per heavy atom. The van der Waals surface area contributed by atoms with E-state index in [1.807, 2.05) is 38.1 Å². The monoisotopic (exact) mass is 215 g/mol. The lowest BCUT2D eigenvalue weighted by molar-refractivity contribution is 0.245. The van der Waals surface area contributed by atoms with Crippen molar-refractivity contribution in [1.29, 1.82) is 0 Å². The lowest BCUT2D eigenvalue weighted by Crippen LogP contribution is -2.06. The van der Waals surface area contributed by atoms with Crippen LogP contribution < -0.4 is 10.5 Å². The molecule has 2 N–H and O–H groups in total. The molecule has 2 heteroatoms. The Bertz CT molecular complexity index is 491. The summed E-state index contributed by atoms with van der Waals surface area (Å²) in [6.07, 6.45) is 0.187. The molecule has 2 nitrogen and oxygen atoms in total. The molecule has 0 fully saturated rings. The zero-order chi connectivity index (χ0) is 11.5. The smallest absolute Gasteiger partial charge is 0.127 e. The number of hydrogen-bond acceptors (Lipinski definition) is 2. The third-order valence-corrected chi connectivity index (χ3v) is 2.56. The maximum absolute atomic E-state index is 5.79. The Labute approximate surface area is 96.0 Å². The van der Waals surface area contributed by atoms with Gasteiger partial charge in [0.05, 0.1) is 6.10 Å². The molecule has 0 aliphatic heterocycles. The molecule has 0 spiro atoms. The van der Waals surface area contributed by atoms with Gasteiger partial charge in [0.1, 0.15) is 5.75 Å². The molecule has 0 radical (unpaired) electrons. The van der Waals surface area contributed by atoms with Gasteiger partial charge in [-0.1, -0.05) is 30.3 Å². The molecule has 0 amide bonds. The van der Waals surface area contributed by atoms with Crippen LogP contribution in [0.2, 0.25) is 0 Å². The quantitative estimate of drug-likeness (QED) is 0.854. The second-order valence-corrected chi connectivity index (χ2v) is 4.14. The van der Waals surface area contributed by atoms with Crippen molar-refractivity contribution in [3.8, 4) is 5.75 Å². The molecule has 16 heavy (non-hydrogen) atoms. The fourth-order valence-corrected chi connectivity index (χ4v) is 1.87. The van der Waals surface area contributed by atoms with E-state index in [-0.39, 0.29) is 6.10 Å². The van der Waals surface area contributed by atoms with Crippen molar-refractivity contribution >= 4 is 10.8 Å². The van der Waals surface area contributed by atoms with Gasteiger partial charge in [0, 0.05) is 11.9 Å². The predicted molar refractivity (Wildman–Crippen MR) is 67.6 cm³/mol. The van der Waals surface area contributed by atoms with Crippen LogP contribution in [0.1, 0.15) is 19.4 Å². The topological polar surface area (TPSA) is 35.2 Å². The molecular formula is C14H17NO. The van der Waals surface area contributed by atoms with Gasteiger partial charge in [0.25, 0.3) is 0 Å². The van der Waals surface area contributed by atoms with Gasteiger partial charge in [-0.25, -0.2) is 0 Å². The van der Waals surface area contributed by atoms with Gasteiger partial charge < -0.3 is 10.5 Å². The number of hydrogen-bond donors (Lipinski definition) is 1. The minimum Gasteiger partial charge on any atom is -0.490 e. The van der Waals surface area contributed by atoms with Crippen LogP contribution in [0, 0.1) is 0 Å². The van der Waals surface area contributed by atoms with Crippen molar-refractivity contribution in [3.05, 3.63) is 42.0 Å². The number of benzene rings is 2. The van der Waals surface area contributed by atoms with Crippen LogP contribution in [0.15, 0.2) is 36.4 Å². The first-order valence-corrected chi connectivity index (χ1v) is 5.59. The molecule has 2 rings (SSSR count). The van der Waals surface area contributed by atoms with Crippen molar-refractivity contribution in [1.82, 2.24) is 0 Å². The Hall–Kier alpha value is -1.54. The minimum absolute atomic E-state index is 0.187. The first kappa shape index (κ1) is 11.0. The van der Waals surface area contributed by atoms with Gasteiger partial charge in [0.15, 0.2) is 0 Å². The van der Waals surface area contributed by atoms with E-state index in [2.05, 4.69) is 12.1 Å². The SMILES string of the molecule is CC(C)Oc1ccc(CN)c2ccccc12. The highest BCUT2D eigenvalue weighted by atomic mass is 16.5. The summed E-state index contributed by atoms with van der Waals surface area (Å²) in [4.78, 5) is 0. The van der Waals surface area contributed by atoms with E-state index < -0.39 is 0 Å². The number of rotatable bonds is 3. The maximum Gasteiger partial charge on any atom is 0.127 e. The summed E-state index contributed by atoms with van der Waals surface area (Å²) in [5, 5.41) is 2.32. The number of nitrogens with two attached hydrogens (primary N) is 1. The third-order valence-electron chi connectivity index (χ3n) is 2.56. The van der Waals surface area contributed by atoms with Crippen LogP contribution in [-0.4, -0.2) is 6.10 Å². The van der Waals surface area contributed by atoms with Crippen LogP contribution in [0.5, 0.6) is 5.75 Å². The van der Waals surface area contributed by atoms with Crippen molar-refractivity contribution in [3.63, 3.8) is 0 Å². The first-order valence-electron chi connectivity index (χ1n) is 5.59. The number of ether oxygens (including phenoxy) is 1. The Balaban J connectivity index is 2.60. The van der Waals surface area contributed by atoms with E-state index in [1.54, 1.807) is 0 Å². The second kappa shape index (κ2) is 4.54. The Kier molecular flexibility index (Phi) is 3.11. The van der Waals surface area contributed by atoms with E-state index in [1.165, 1.54) is 5.39 Å². The van der Waals surface area contributed by atoms with Gasteiger partial charge in [-0.15, -0.1) is 0 Å². The van der Waals surface area contributed by atoms with Gasteiger partial charge >= 0.3 is 0 Å². The van der Waals surface area contributed by atoms with Gasteiger partial charge in [-0.05, 0) is 30.9 Å². The van der Waals surface area contributed by atoms with Gasteiger partial charge in [0.2, 0.25) is 0 Å². The average Bonchev–Trinajstić information content (AvgIpc) is 2.29. The van der Waals surface area contributed by atoms with E-state index in [9.17, 15) is 0 Å². The second-order valence-electron chi connectivity index (χ2n) is 4.14. The molecule has 0 aliphatic rings. The molecule has 0 bridgehead atoms. The summed E-state index contributed by atoms with van der Waals surface area (Å²) in [7, 11) is 0. The zero-order valence-corrected chi connectivity index (χ0v) is 9.73. The molecule has 2 aromatic rings. The minimum atomic E-state index is 0.187. The lowest BCUT2D eigenvalue weighted by atomic mass is 10.0. The molecule has 0 unspecified atom stereocenters. The highest BCUT2D eigenvalue weighted by molar-refractivity contribution is 5.91. The van der Waals surface area contributed by atoms with Gasteiger partial charge in [-0.2, -0.15) is 0 Å². The number of fused-ring (bicyclic) bond motifs is 1. The molecule has 0 heterocycles. The average molecular weight is 215 g/mol. The van der Waals surface area contributed by atoms with Crippen LogP contribution in [-0.2, 0) is 6.54 Å². The maximum atomic E-state index is 5.79. The van der Waals surface area contributed by atoms with Crippen LogP contribution >= 0.6 is 0 Å². The molecule has 0 aromatic heterocycles. The normalized spacial score (nSPS) is 11.0. The van der Waals surface area contributed by atoms with Crippen molar-refractivity contribution in [2.75, 3.05) is 0 Å². The highest BCUT2D eigenvalue weighted by Crippen LogP contribution is 2.28. The van der Waals surface area contributed by atoms with E-state index >= 15 is 0 Å². The Morgan fingerprint density at radius 1 is 1.06 bits per heavy atom. The lowest BCUT2D eigenvalue weighted by Gasteiger charge is -2.14. The van der Waals surface area contributed by atoms with E-state index in [0.717, 1.165) is 16.7 Å². The van der Waals surface area contributed by atoms with Crippen molar-refractivity contribution in [2.45, 2.75) is 26.5 Å². The van der Waals surface area contributed by atoms with Gasteiger partial charge in [-0.3, -0.25) is 0 Å². The Morgan fingerprint density at radius 3 is 2.38 bits per heavy atom. The van der Waals surface area contributed by atoms with Crippen molar-refractivity contribution in [2.24, 2.45) is 5.73 Å². The molecule has 0 saturated carbocycles. The summed E-state index contributed by atoms with van der Waals surface area (Å²) in [5.74, 6) is 0.933. The molecule has 0 atom stereocenters. The molecule has 2 aromatic carbocycles. The van der Waals surface area contributed by atoms with Crippen molar-refractivity contribution < 1.29 is 4.74 Å². The van der Waals surface area contributed by atoms with E-state index in [0.29, 0.717) is 6.54 Å². The predicted octanol–water partition coefficient (Wildman–Crippen LogP) is 3.09. The molecule has 0 aliphatic carbocycles. The molecule has 0 saturated heterocycles. The first-order chi connectivity index (χ1) is 7.72. The standard InChI is InChI=1S/C14H17NO/c1-10(2)16-14-8-7-11(9-15)12-5-3-4-6-13(12)14/h3-8,10H,9,15H2,1-2H3.